The van der Waals surface area contributed by atoms with Crippen LogP contribution in [0.3, 0.4) is 0 Å². The van der Waals surface area contributed by atoms with Gasteiger partial charge in [-0.1, -0.05) is 24.3 Å². The summed E-state index contributed by atoms with van der Waals surface area (Å²) in [5, 5.41) is 10.3. The average Bonchev–Trinajstić information content (AvgIpc) is 2.82. The van der Waals surface area contributed by atoms with Crippen LogP contribution in [0.1, 0.15) is 36.6 Å². The van der Waals surface area contributed by atoms with Crippen molar-refractivity contribution in [3.05, 3.63) is 98.1 Å². The molecule has 0 spiro atoms. The van der Waals surface area contributed by atoms with Crippen LogP contribution in [0.15, 0.2) is 64.0 Å². The molecule has 0 radical (unpaired) electrons. The fourth-order valence-corrected chi connectivity index (χ4v) is 3.90. The van der Waals surface area contributed by atoms with Gasteiger partial charge in [-0.2, -0.15) is 4.98 Å². The average molecular weight is 539 g/mol. The summed E-state index contributed by atoms with van der Waals surface area (Å²) in [5.74, 6) is 0.569. The van der Waals surface area contributed by atoms with Gasteiger partial charge in [-0.05, 0) is 79.0 Å². The Labute approximate surface area is 210 Å². The standard InChI is InChI=1S/C26H24BrFN4O3/c1-15-5-8-18(20-11-12-29-25(31-20)26(3,4)34)13-21(15)32-16(2)30-23(22(27)24(32)33)35-14-17-6-9-19(28)10-7-17/h5-13,34H,14H2,1-4H3. The Morgan fingerprint density at radius 1 is 1.09 bits per heavy atom. The van der Waals surface area contributed by atoms with Crippen molar-refractivity contribution < 1.29 is 14.2 Å². The molecule has 0 fully saturated rings. The number of nitrogens with zero attached hydrogens (tertiary/aromatic N) is 4. The second kappa shape index (κ2) is 9.67. The molecule has 35 heavy (non-hydrogen) atoms. The molecule has 2 aromatic carbocycles. The maximum atomic E-state index is 13.3. The molecule has 0 unspecified atom stereocenters. The minimum absolute atomic E-state index is 0.139. The lowest BCUT2D eigenvalue weighted by Crippen LogP contribution is -2.24. The maximum Gasteiger partial charge on any atom is 0.276 e. The summed E-state index contributed by atoms with van der Waals surface area (Å²) in [6.45, 7) is 7.01. The first-order chi connectivity index (χ1) is 16.5. The molecular weight excluding hydrogens is 515 g/mol. The predicted octanol–water partition coefficient (Wildman–Crippen LogP) is 5.01. The van der Waals surface area contributed by atoms with Gasteiger partial charge in [-0.15, -0.1) is 0 Å². The van der Waals surface area contributed by atoms with Crippen LogP contribution < -0.4 is 10.3 Å². The predicted molar refractivity (Wildman–Crippen MR) is 134 cm³/mol. The van der Waals surface area contributed by atoms with Crippen molar-refractivity contribution in [2.24, 2.45) is 0 Å². The Hall–Kier alpha value is -3.43. The third kappa shape index (κ3) is 5.31. The summed E-state index contributed by atoms with van der Waals surface area (Å²) < 4.78 is 20.6. The first kappa shape index (κ1) is 24.7. The molecule has 0 amide bonds. The zero-order valence-corrected chi connectivity index (χ0v) is 21.3. The third-order valence-corrected chi connectivity index (χ3v) is 6.08. The van der Waals surface area contributed by atoms with Crippen molar-refractivity contribution in [2.75, 3.05) is 0 Å². The summed E-state index contributed by atoms with van der Waals surface area (Å²) >= 11 is 3.34. The molecule has 0 saturated carbocycles. The molecule has 4 rings (SSSR count). The number of hydrogen-bond donors (Lipinski definition) is 1. The number of rotatable bonds is 6. The molecule has 7 nitrogen and oxygen atoms in total. The van der Waals surface area contributed by atoms with Crippen molar-refractivity contribution in [3.63, 3.8) is 0 Å². The zero-order valence-electron chi connectivity index (χ0n) is 19.7. The van der Waals surface area contributed by atoms with Crippen molar-refractivity contribution >= 4 is 15.9 Å². The van der Waals surface area contributed by atoms with E-state index in [1.165, 1.54) is 16.7 Å². The van der Waals surface area contributed by atoms with Crippen molar-refractivity contribution in [3.8, 4) is 22.8 Å². The number of benzene rings is 2. The topological polar surface area (TPSA) is 90.1 Å². The van der Waals surface area contributed by atoms with Crippen LogP contribution in [0, 0.1) is 19.7 Å². The van der Waals surface area contributed by atoms with Crippen molar-refractivity contribution in [1.29, 1.82) is 0 Å². The van der Waals surface area contributed by atoms with E-state index in [0.717, 1.165) is 16.7 Å². The van der Waals surface area contributed by atoms with E-state index in [1.54, 1.807) is 45.2 Å². The van der Waals surface area contributed by atoms with Gasteiger partial charge in [-0.25, -0.2) is 14.4 Å². The Morgan fingerprint density at radius 2 is 1.80 bits per heavy atom. The minimum atomic E-state index is -1.18. The smallest absolute Gasteiger partial charge is 0.276 e. The van der Waals surface area contributed by atoms with Crippen LogP contribution in [0.25, 0.3) is 16.9 Å². The van der Waals surface area contributed by atoms with E-state index in [0.29, 0.717) is 23.0 Å². The van der Waals surface area contributed by atoms with Gasteiger partial charge in [0.25, 0.3) is 5.56 Å². The van der Waals surface area contributed by atoms with Gasteiger partial charge in [-0.3, -0.25) is 9.36 Å². The van der Waals surface area contributed by atoms with Crippen LogP contribution in [-0.2, 0) is 12.2 Å². The summed E-state index contributed by atoms with van der Waals surface area (Å²) in [6, 6.07) is 13.3. The summed E-state index contributed by atoms with van der Waals surface area (Å²) in [7, 11) is 0. The van der Waals surface area contributed by atoms with Gasteiger partial charge in [0.2, 0.25) is 5.88 Å². The van der Waals surface area contributed by atoms with Crippen LogP contribution in [0.4, 0.5) is 4.39 Å². The Bertz CT molecular complexity index is 1450. The van der Waals surface area contributed by atoms with E-state index < -0.39 is 5.60 Å². The SMILES string of the molecule is Cc1ccc(-c2ccnc(C(C)(C)O)n2)cc1-n1c(C)nc(OCc2ccc(F)cc2)c(Br)c1=O. The molecule has 2 aromatic heterocycles. The normalized spacial score (nSPS) is 11.5. The number of aryl methyl sites for hydroxylation is 2. The van der Waals surface area contributed by atoms with Crippen LogP contribution in [0.2, 0.25) is 0 Å². The fraction of sp³-hybridized carbons (Fsp3) is 0.231. The second-order valence-corrected chi connectivity index (χ2v) is 9.45. The van der Waals surface area contributed by atoms with Gasteiger partial charge in [0.05, 0.1) is 11.4 Å². The van der Waals surface area contributed by atoms with E-state index >= 15 is 0 Å². The number of aliphatic hydroxyl groups is 1. The van der Waals surface area contributed by atoms with Gasteiger partial charge in [0, 0.05) is 11.8 Å². The highest BCUT2D eigenvalue weighted by Crippen LogP contribution is 2.27. The van der Waals surface area contributed by atoms with E-state index in [9.17, 15) is 14.3 Å². The lowest BCUT2D eigenvalue weighted by molar-refractivity contribution is 0.0688. The summed E-state index contributed by atoms with van der Waals surface area (Å²) in [5.41, 5.74) is 2.13. The van der Waals surface area contributed by atoms with E-state index in [1.807, 2.05) is 25.1 Å². The number of aromatic nitrogens is 4. The molecule has 0 saturated heterocycles. The number of ether oxygens (including phenoxy) is 1. The van der Waals surface area contributed by atoms with Gasteiger partial charge < -0.3 is 9.84 Å². The van der Waals surface area contributed by atoms with Crippen molar-refractivity contribution in [2.45, 2.75) is 39.9 Å². The van der Waals surface area contributed by atoms with E-state index in [2.05, 4.69) is 30.9 Å². The van der Waals surface area contributed by atoms with E-state index in [4.69, 9.17) is 4.74 Å². The minimum Gasteiger partial charge on any atom is -0.472 e. The van der Waals surface area contributed by atoms with Gasteiger partial charge in [0.1, 0.15) is 28.3 Å². The fourth-order valence-electron chi connectivity index (χ4n) is 3.52. The molecular formula is C26H24BrFN4O3. The van der Waals surface area contributed by atoms with Crippen LogP contribution >= 0.6 is 15.9 Å². The van der Waals surface area contributed by atoms with Crippen LogP contribution in [-0.4, -0.2) is 24.6 Å². The Morgan fingerprint density at radius 3 is 2.49 bits per heavy atom. The van der Waals surface area contributed by atoms with Crippen molar-refractivity contribution in [1.82, 2.24) is 19.5 Å². The molecule has 0 aliphatic carbocycles. The van der Waals surface area contributed by atoms with Gasteiger partial charge in [0.15, 0.2) is 5.82 Å². The molecule has 0 aliphatic heterocycles. The number of halogens is 2. The molecule has 0 aliphatic rings. The highest BCUT2D eigenvalue weighted by atomic mass is 79.9. The molecule has 1 N–H and O–H groups in total. The molecule has 0 atom stereocenters. The lowest BCUT2D eigenvalue weighted by atomic mass is 10.1. The second-order valence-electron chi connectivity index (χ2n) is 8.66. The molecule has 180 valence electrons. The molecule has 9 heteroatoms. The molecule has 4 aromatic rings. The van der Waals surface area contributed by atoms with Crippen LogP contribution in [0.5, 0.6) is 5.88 Å². The highest BCUT2D eigenvalue weighted by molar-refractivity contribution is 9.10. The summed E-state index contributed by atoms with van der Waals surface area (Å²) in [4.78, 5) is 26.5. The molecule has 2 heterocycles. The highest BCUT2D eigenvalue weighted by Gasteiger charge is 2.21. The summed E-state index contributed by atoms with van der Waals surface area (Å²) in [6.07, 6.45) is 1.60. The van der Waals surface area contributed by atoms with E-state index in [-0.39, 0.29) is 28.3 Å². The first-order valence-corrected chi connectivity index (χ1v) is 11.7. The maximum absolute atomic E-state index is 13.3. The lowest BCUT2D eigenvalue weighted by Gasteiger charge is -2.17. The quantitative estimate of drug-likeness (QED) is 0.371. The largest absolute Gasteiger partial charge is 0.472 e. The van der Waals surface area contributed by atoms with Gasteiger partial charge >= 0.3 is 0 Å². The molecule has 0 bridgehead atoms. The number of hydrogen-bond acceptors (Lipinski definition) is 6. The Kier molecular flexibility index (Phi) is 6.82. The third-order valence-electron chi connectivity index (χ3n) is 5.40. The Balaban J connectivity index is 1.72. The monoisotopic (exact) mass is 538 g/mol. The first-order valence-electron chi connectivity index (χ1n) is 10.9. The zero-order chi connectivity index (χ0) is 25.3.